The van der Waals surface area contributed by atoms with Crippen molar-refractivity contribution in [2.75, 3.05) is 25.4 Å². The van der Waals surface area contributed by atoms with Crippen LogP contribution in [0.1, 0.15) is 31.5 Å². The third-order valence-corrected chi connectivity index (χ3v) is 7.46. The SMILES string of the molecule is CC(=O)NCCN(O)CC1CC(c2nc(-c3ccc4ccc(-c5ccccc5)nc4c3)c3c(N)nccn23)C1. The molecule has 3 aromatic heterocycles. The molecule has 2 aromatic carbocycles. The predicted octanol–water partition coefficient (Wildman–Crippen LogP) is 4.51. The van der Waals surface area contributed by atoms with Gasteiger partial charge in [0.1, 0.15) is 22.9 Å². The maximum atomic E-state index is 11.1. The van der Waals surface area contributed by atoms with Crippen LogP contribution in [0.25, 0.3) is 38.9 Å². The molecule has 6 rings (SSSR count). The average molecular weight is 522 g/mol. The number of hydroxylamine groups is 2. The number of carbonyl (C=O) groups is 1. The van der Waals surface area contributed by atoms with Crippen molar-refractivity contribution in [2.45, 2.75) is 25.7 Å². The molecule has 3 heterocycles. The van der Waals surface area contributed by atoms with Gasteiger partial charge >= 0.3 is 0 Å². The van der Waals surface area contributed by atoms with Crippen LogP contribution in [-0.2, 0) is 4.79 Å². The van der Waals surface area contributed by atoms with E-state index < -0.39 is 0 Å². The zero-order valence-corrected chi connectivity index (χ0v) is 21.8. The molecule has 1 saturated carbocycles. The lowest BCUT2D eigenvalue weighted by Gasteiger charge is -2.36. The molecule has 0 saturated heterocycles. The van der Waals surface area contributed by atoms with Gasteiger partial charge in [0.05, 0.1) is 11.2 Å². The summed E-state index contributed by atoms with van der Waals surface area (Å²) in [7, 11) is 0. The van der Waals surface area contributed by atoms with Gasteiger partial charge in [0.15, 0.2) is 0 Å². The summed E-state index contributed by atoms with van der Waals surface area (Å²) in [4.78, 5) is 25.4. The van der Waals surface area contributed by atoms with Crippen LogP contribution in [0.5, 0.6) is 0 Å². The minimum atomic E-state index is -0.0957. The van der Waals surface area contributed by atoms with Gasteiger partial charge in [0.2, 0.25) is 5.91 Å². The molecule has 198 valence electrons. The number of hydrogen-bond donors (Lipinski definition) is 3. The van der Waals surface area contributed by atoms with E-state index in [1.54, 1.807) is 6.20 Å². The number of anilines is 1. The average Bonchev–Trinajstić information content (AvgIpc) is 3.30. The second-order valence-corrected chi connectivity index (χ2v) is 10.2. The Morgan fingerprint density at radius 3 is 2.69 bits per heavy atom. The lowest BCUT2D eigenvalue weighted by Crippen LogP contribution is -2.38. The Labute approximate surface area is 226 Å². The van der Waals surface area contributed by atoms with Gasteiger partial charge in [-0.2, -0.15) is 5.06 Å². The van der Waals surface area contributed by atoms with Crippen LogP contribution in [0.2, 0.25) is 0 Å². The second-order valence-electron chi connectivity index (χ2n) is 10.2. The summed E-state index contributed by atoms with van der Waals surface area (Å²) >= 11 is 0. The molecule has 39 heavy (non-hydrogen) atoms. The zero-order valence-electron chi connectivity index (χ0n) is 21.8. The highest BCUT2D eigenvalue weighted by molar-refractivity contribution is 5.91. The summed E-state index contributed by atoms with van der Waals surface area (Å²) in [5, 5.41) is 15.3. The van der Waals surface area contributed by atoms with Crippen LogP contribution in [0.3, 0.4) is 0 Å². The van der Waals surface area contributed by atoms with Crippen LogP contribution < -0.4 is 11.1 Å². The minimum Gasteiger partial charge on any atom is -0.382 e. The lowest BCUT2D eigenvalue weighted by molar-refractivity contribution is -0.122. The van der Waals surface area contributed by atoms with Gasteiger partial charge in [-0.25, -0.2) is 15.0 Å². The van der Waals surface area contributed by atoms with Crippen molar-refractivity contribution >= 4 is 28.1 Å². The monoisotopic (exact) mass is 521 g/mol. The number of amides is 1. The van der Waals surface area contributed by atoms with E-state index in [1.807, 2.05) is 30.5 Å². The maximum Gasteiger partial charge on any atom is 0.216 e. The summed E-state index contributed by atoms with van der Waals surface area (Å²) < 4.78 is 2.06. The molecule has 0 aliphatic heterocycles. The van der Waals surface area contributed by atoms with Crippen molar-refractivity contribution in [3.63, 3.8) is 0 Å². The highest BCUT2D eigenvalue weighted by Crippen LogP contribution is 2.43. The summed E-state index contributed by atoms with van der Waals surface area (Å²) in [5.74, 6) is 1.91. The van der Waals surface area contributed by atoms with Gasteiger partial charge in [-0.05, 0) is 30.9 Å². The summed E-state index contributed by atoms with van der Waals surface area (Å²) in [6.07, 6.45) is 5.46. The van der Waals surface area contributed by atoms with Gasteiger partial charge in [-0.3, -0.25) is 9.20 Å². The summed E-state index contributed by atoms with van der Waals surface area (Å²) in [6, 6.07) is 20.5. The number of benzene rings is 2. The van der Waals surface area contributed by atoms with E-state index in [0.717, 1.165) is 57.6 Å². The Hall–Kier alpha value is -4.34. The largest absolute Gasteiger partial charge is 0.382 e. The van der Waals surface area contributed by atoms with Crippen molar-refractivity contribution in [2.24, 2.45) is 5.92 Å². The van der Waals surface area contributed by atoms with Crippen LogP contribution in [0.15, 0.2) is 73.1 Å². The Morgan fingerprint density at radius 2 is 1.90 bits per heavy atom. The first-order valence-electron chi connectivity index (χ1n) is 13.2. The first-order chi connectivity index (χ1) is 19.0. The molecular formula is C30H31N7O2. The summed E-state index contributed by atoms with van der Waals surface area (Å²) in [5.41, 5.74) is 11.8. The number of nitrogens with zero attached hydrogens (tertiary/aromatic N) is 5. The Morgan fingerprint density at radius 1 is 1.10 bits per heavy atom. The molecule has 1 aliphatic rings. The smallest absolute Gasteiger partial charge is 0.216 e. The summed E-state index contributed by atoms with van der Waals surface area (Å²) in [6.45, 7) is 2.87. The van der Waals surface area contributed by atoms with Crippen molar-refractivity contribution in [1.29, 1.82) is 0 Å². The molecule has 1 amide bonds. The fraction of sp³-hybridized carbons (Fsp3) is 0.267. The van der Waals surface area contributed by atoms with E-state index in [4.69, 9.17) is 15.7 Å². The number of hydrogen-bond acceptors (Lipinski definition) is 7. The predicted molar refractivity (Wildman–Crippen MR) is 151 cm³/mol. The van der Waals surface area contributed by atoms with Crippen LogP contribution in [0.4, 0.5) is 5.82 Å². The molecule has 5 aromatic rings. The first-order valence-corrected chi connectivity index (χ1v) is 13.2. The van der Waals surface area contributed by atoms with Crippen molar-refractivity contribution in [1.82, 2.24) is 29.7 Å². The Bertz CT molecular complexity index is 1640. The van der Waals surface area contributed by atoms with Crippen molar-refractivity contribution < 1.29 is 10.0 Å². The topological polar surface area (TPSA) is 122 Å². The van der Waals surface area contributed by atoms with Crippen molar-refractivity contribution in [3.8, 4) is 22.5 Å². The van der Waals surface area contributed by atoms with Crippen LogP contribution in [-0.4, -0.2) is 55.2 Å². The van der Waals surface area contributed by atoms with E-state index in [2.05, 4.69) is 51.1 Å². The quantitative estimate of drug-likeness (QED) is 0.257. The van der Waals surface area contributed by atoms with Gasteiger partial charge in [-0.1, -0.05) is 48.5 Å². The molecule has 1 fully saturated rings. The van der Waals surface area contributed by atoms with Crippen molar-refractivity contribution in [3.05, 3.63) is 78.9 Å². The van der Waals surface area contributed by atoms with Gasteiger partial charge in [0.25, 0.3) is 0 Å². The lowest BCUT2D eigenvalue weighted by atomic mass is 9.74. The number of imidazole rings is 1. The minimum absolute atomic E-state index is 0.0957. The first kappa shape index (κ1) is 25.0. The molecule has 9 nitrogen and oxygen atoms in total. The third-order valence-electron chi connectivity index (χ3n) is 7.46. The fourth-order valence-corrected chi connectivity index (χ4v) is 5.46. The van der Waals surface area contributed by atoms with E-state index >= 15 is 0 Å². The number of carbonyl (C=O) groups excluding carboxylic acids is 1. The molecule has 9 heteroatoms. The molecule has 0 atom stereocenters. The molecule has 0 bridgehead atoms. The Balaban J connectivity index is 1.27. The molecule has 0 spiro atoms. The number of pyridine rings is 1. The van der Waals surface area contributed by atoms with E-state index in [1.165, 1.54) is 12.0 Å². The Kier molecular flexibility index (Phi) is 6.68. The van der Waals surface area contributed by atoms with Gasteiger partial charge in [-0.15, -0.1) is 0 Å². The standard InChI is InChI=1S/C30H31N7O2/c1-19(38)32-11-13-36(39)18-20-15-24(16-20)30-35-27(28-29(31)33-12-14-37(28)30)23-8-7-22-9-10-25(34-26(22)17-23)21-5-3-2-4-6-21/h2-10,12,14,17,20,24,39H,11,13,15-16,18H2,1H3,(H2,31,33)(H,32,38). The van der Waals surface area contributed by atoms with E-state index in [-0.39, 0.29) is 11.8 Å². The highest BCUT2D eigenvalue weighted by Gasteiger charge is 2.35. The maximum absolute atomic E-state index is 11.1. The van der Waals surface area contributed by atoms with Gasteiger partial charge < -0.3 is 16.3 Å². The number of nitrogens with two attached hydrogens (primary N) is 1. The number of rotatable bonds is 8. The zero-order chi connectivity index (χ0) is 26.9. The number of nitrogen functional groups attached to an aromatic ring is 1. The highest BCUT2D eigenvalue weighted by atomic mass is 16.5. The third kappa shape index (κ3) is 5.06. The van der Waals surface area contributed by atoms with Crippen LogP contribution in [0, 0.1) is 5.92 Å². The van der Waals surface area contributed by atoms with Crippen LogP contribution >= 0.6 is 0 Å². The van der Waals surface area contributed by atoms with E-state index in [0.29, 0.717) is 31.4 Å². The number of nitrogens with one attached hydrogen (secondary N) is 1. The molecule has 0 unspecified atom stereocenters. The normalized spacial score (nSPS) is 17.0. The molecule has 0 radical (unpaired) electrons. The van der Waals surface area contributed by atoms with E-state index in [9.17, 15) is 10.0 Å². The molecule has 1 aliphatic carbocycles. The molecule has 4 N–H and O–H groups in total. The fourth-order valence-electron chi connectivity index (χ4n) is 5.46. The van der Waals surface area contributed by atoms with Gasteiger partial charge in [0, 0.05) is 61.4 Å². The molecular weight excluding hydrogens is 490 g/mol. The number of fused-ring (bicyclic) bond motifs is 2. The number of aromatic nitrogens is 4. The second kappa shape index (κ2) is 10.4.